The fourth-order valence-electron chi connectivity index (χ4n) is 0.799. The van der Waals surface area contributed by atoms with E-state index >= 15 is 0 Å². The number of ether oxygens (including phenoxy) is 2. The van der Waals surface area contributed by atoms with Gasteiger partial charge < -0.3 is 15.2 Å². The van der Waals surface area contributed by atoms with Gasteiger partial charge in [-0.05, 0) is 0 Å². The van der Waals surface area contributed by atoms with Crippen molar-refractivity contribution in [3.8, 4) is 5.75 Å². The summed E-state index contributed by atoms with van der Waals surface area (Å²) in [4.78, 5) is 3.12. The molecule has 1 rings (SSSR count). The molecule has 1 aromatic heterocycles. The predicted octanol–water partition coefficient (Wildman–Crippen LogP) is 0.967. The second kappa shape index (κ2) is 4.71. The van der Waals surface area contributed by atoms with Gasteiger partial charge in [-0.25, -0.2) is 4.39 Å². The van der Waals surface area contributed by atoms with Crippen LogP contribution in [0.5, 0.6) is 5.75 Å². The first-order valence-electron chi connectivity index (χ1n) is 3.88. The van der Waals surface area contributed by atoms with Gasteiger partial charge in [0, 0.05) is 13.2 Å². The molecule has 1 heterocycles. The fourth-order valence-corrected chi connectivity index (χ4v) is 0.799. The predicted molar refractivity (Wildman–Crippen MR) is 45.9 cm³/mol. The molecule has 0 unspecified atom stereocenters. The number of nitrogens with two attached hydrogens (primary N) is 1. The molecule has 1 aromatic rings. The molecular formula is C8H10F2N2O2. The number of halogens is 2. The average molecular weight is 204 g/mol. The number of hydrogen-bond donors (Lipinski definition) is 1. The first kappa shape index (κ1) is 10.6. The standard InChI is InChI=1S/C8H10F2N2O2/c1-13-2-3-14-6-4-5(9)8(11)12-7(6)10/h4H,2-3H2,1H3,(H2,11,12). The van der Waals surface area contributed by atoms with Gasteiger partial charge in [0.25, 0.3) is 5.95 Å². The van der Waals surface area contributed by atoms with Crippen LogP contribution in [0.25, 0.3) is 0 Å². The van der Waals surface area contributed by atoms with Crippen molar-refractivity contribution in [3.63, 3.8) is 0 Å². The molecule has 0 aromatic carbocycles. The van der Waals surface area contributed by atoms with E-state index in [1.165, 1.54) is 7.11 Å². The SMILES string of the molecule is COCCOc1cc(F)c(N)nc1F. The molecule has 0 fully saturated rings. The minimum atomic E-state index is -0.931. The lowest BCUT2D eigenvalue weighted by molar-refractivity contribution is 0.143. The summed E-state index contributed by atoms with van der Waals surface area (Å²) in [7, 11) is 1.47. The molecular weight excluding hydrogens is 194 g/mol. The summed E-state index contributed by atoms with van der Waals surface area (Å²) in [6, 6.07) is 0.854. The molecule has 6 heteroatoms. The zero-order valence-corrected chi connectivity index (χ0v) is 7.59. The van der Waals surface area contributed by atoms with Gasteiger partial charge in [0.1, 0.15) is 6.61 Å². The number of methoxy groups -OCH3 is 1. The van der Waals surface area contributed by atoms with Crippen molar-refractivity contribution in [2.45, 2.75) is 0 Å². The number of hydrogen-bond acceptors (Lipinski definition) is 4. The van der Waals surface area contributed by atoms with Crippen LogP contribution in [0.4, 0.5) is 14.6 Å². The molecule has 0 spiro atoms. The highest BCUT2D eigenvalue weighted by atomic mass is 19.1. The van der Waals surface area contributed by atoms with Crippen molar-refractivity contribution < 1.29 is 18.3 Å². The number of rotatable bonds is 4. The van der Waals surface area contributed by atoms with E-state index in [1.54, 1.807) is 0 Å². The second-order valence-corrected chi connectivity index (χ2v) is 2.49. The molecule has 0 aliphatic carbocycles. The van der Waals surface area contributed by atoms with Crippen molar-refractivity contribution in [2.75, 3.05) is 26.1 Å². The number of aromatic nitrogens is 1. The third kappa shape index (κ3) is 2.53. The Bertz CT molecular complexity index is 320. The third-order valence-electron chi connectivity index (χ3n) is 1.47. The van der Waals surface area contributed by atoms with E-state index in [1.807, 2.05) is 0 Å². The van der Waals surface area contributed by atoms with Gasteiger partial charge in [0.15, 0.2) is 17.4 Å². The van der Waals surface area contributed by atoms with E-state index in [0.717, 1.165) is 6.07 Å². The fraction of sp³-hybridized carbons (Fsp3) is 0.375. The number of anilines is 1. The third-order valence-corrected chi connectivity index (χ3v) is 1.47. The zero-order valence-electron chi connectivity index (χ0n) is 7.59. The number of pyridine rings is 1. The maximum absolute atomic E-state index is 12.9. The van der Waals surface area contributed by atoms with Gasteiger partial charge in [-0.1, -0.05) is 0 Å². The second-order valence-electron chi connectivity index (χ2n) is 2.49. The summed E-state index contributed by atoms with van der Waals surface area (Å²) in [5.74, 6) is -2.49. The summed E-state index contributed by atoms with van der Waals surface area (Å²) >= 11 is 0. The Morgan fingerprint density at radius 1 is 1.43 bits per heavy atom. The van der Waals surface area contributed by atoms with Gasteiger partial charge in [0.05, 0.1) is 6.61 Å². The van der Waals surface area contributed by atoms with Crippen molar-refractivity contribution in [3.05, 3.63) is 17.8 Å². The van der Waals surface area contributed by atoms with E-state index < -0.39 is 17.6 Å². The Kier molecular flexibility index (Phi) is 3.58. The quantitative estimate of drug-likeness (QED) is 0.586. The highest BCUT2D eigenvalue weighted by Crippen LogP contribution is 2.19. The molecule has 14 heavy (non-hydrogen) atoms. The molecule has 0 amide bonds. The van der Waals surface area contributed by atoms with Crippen LogP contribution in [0.3, 0.4) is 0 Å². The van der Waals surface area contributed by atoms with Crippen LogP contribution in [0, 0.1) is 11.8 Å². The lowest BCUT2D eigenvalue weighted by Gasteiger charge is -2.06. The Hall–Kier alpha value is -1.43. The van der Waals surface area contributed by atoms with Crippen molar-refractivity contribution in [1.29, 1.82) is 0 Å². The molecule has 4 nitrogen and oxygen atoms in total. The van der Waals surface area contributed by atoms with E-state index in [0.29, 0.717) is 0 Å². The Morgan fingerprint density at radius 2 is 2.14 bits per heavy atom. The van der Waals surface area contributed by atoms with E-state index in [4.69, 9.17) is 10.5 Å². The molecule has 78 valence electrons. The topological polar surface area (TPSA) is 57.4 Å². The Morgan fingerprint density at radius 3 is 2.79 bits per heavy atom. The van der Waals surface area contributed by atoms with E-state index in [9.17, 15) is 8.78 Å². The smallest absolute Gasteiger partial charge is 0.257 e. The maximum Gasteiger partial charge on any atom is 0.257 e. The summed E-state index contributed by atoms with van der Waals surface area (Å²) in [6.45, 7) is 0.407. The van der Waals surface area contributed by atoms with Crippen LogP contribution in [-0.4, -0.2) is 25.3 Å². The molecule has 0 saturated carbocycles. The van der Waals surface area contributed by atoms with Crippen molar-refractivity contribution in [2.24, 2.45) is 0 Å². The van der Waals surface area contributed by atoms with Crippen molar-refractivity contribution in [1.82, 2.24) is 4.98 Å². The van der Waals surface area contributed by atoms with Crippen LogP contribution >= 0.6 is 0 Å². The summed E-state index contributed by atoms with van der Waals surface area (Å²) in [5.41, 5.74) is 5.04. The Balaban J connectivity index is 2.72. The summed E-state index contributed by atoms with van der Waals surface area (Å²) in [6.07, 6.45) is 0. The van der Waals surface area contributed by atoms with Crippen molar-refractivity contribution >= 4 is 5.82 Å². The summed E-state index contributed by atoms with van der Waals surface area (Å²) in [5, 5.41) is 0. The minimum absolute atomic E-state index is 0.123. The lowest BCUT2D eigenvalue weighted by Crippen LogP contribution is -2.07. The highest BCUT2D eigenvalue weighted by Gasteiger charge is 2.10. The highest BCUT2D eigenvalue weighted by molar-refractivity contribution is 5.35. The van der Waals surface area contributed by atoms with Crippen LogP contribution in [0.15, 0.2) is 6.07 Å². The molecule has 0 bridgehead atoms. The molecule has 0 aliphatic rings. The minimum Gasteiger partial charge on any atom is -0.486 e. The van der Waals surface area contributed by atoms with Crippen LogP contribution in [0.1, 0.15) is 0 Å². The zero-order chi connectivity index (χ0) is 10.6. The van der Waals surface area contributed by atoms with Gasteiger partial charge >= 0.3 is 0 Å². The molecule has 0 saturated heterocycles. The van der Waals surface area contributed by atoms with Crippen LogP contribution in [-0.2, 0) is 4.74 Å². The lowest BCUT2D eigenvalue weighted by atomic mass is 10.4. The molecule has 2 N–H and O–H groups in total. The van der Waals surface area contributed by atoms with E-state index in [2.05, 4.69) is 9.72 Å². The molecule has 0 aliphatic heterocycles. The maximum atomic E-state index is 12.9. The monoisotopic (exact) mass is 204 g/mol. The normalized spacial score (nSPS) is 10.2. The molecule has 0 atom stereocenters. The summed E-state index contributed by atoms with van der Waals surface area (Å²) < 4.78 is 35.3. The first-order chi connectivity index (χ1) is 6.65. The number of nitrogen functional groups attached to an aromatic ring is 1. The first-order valence-corrected chi connectivity index (χ1v) is 3.88. The van der Waals surface area contributed by atoms with Crippen LogP contribution in [0.2, 0.25) is 0 Å². The van der Waals surface area contributed by atoms with Gasteiger partial charge in [0.2, 0.25) is 0 Å². The number of nitrogens with zero attached hydrogens (tertiary/aromatic N) is 1. The Labute approximate surface area is 79.6 Å². The van der Waals surface area contributed by atoms with Gasteiger partial charge in [-0.2, -0.15) is 9.37 Å². The van der Waals surface area contributed by atoms with Gasteiger partial charge in [-0.3, -0.25) is 0 Å². The average Bonchev–Trinajstić information content (AvgIpc) is 2.14. The van der Waals surface area contributed by atoms with Crippen LogP contribution < -0.4 is 10.5 Å². The van der Waals surface area contributed by atoms with Gasteiger partial charge in [-0.15, -0.1) is 0 Å². The largest absolute Gasteiger partial charge is 0.486 e. The van der Waals surface area contributed by atoms with E-state index in [-0.39, 0.29) is 19.0 Å². The molecule has 0 radical (unpaired) electrons.